The Bertz CT molecular complexity index is 422. The highest BCUT2D eigenvalue weighted by Crippen LogP contribution is 2.20. The fourth-order valence-electron chi connectivity index (χ4n) is 1.67. The molecule has 0 spiro atoms. The number of hydrogen-bond acceptors (Lipinski definition) is 5. The molecule has 5 nitrogen and oxygen atoms in total. The van der Waals surface area contributed by atoms with Crippen molar-refractivity contribution in [1.82, 2.24) is 0 Å². The van der Waals surface area contributed by atoms with Crippen LogP contribution in [0.1, 0.15) is 37.0 Å². The Balaban J connectivity index is 2.48. The largest absolute Gasteiger partial charge is 0.462 e. The zero-order chi connectivity index (χ0) is 14.8. The van der Waals surface area contributed by atoms with E-state index in [1.165, 1.54) is 0 Å². The van der Waals surface area contributed by atoms with Gasteiger partial charge in [-0.2, -0.15) is 0 Å². The number of hydrogen-bond donors (Lipinski definition) is 2. The molecule has 0 amide bonds. The number of esters is 1. The molecule has 112 valence electrons. The molecule has 0 saturated heterocycles. The van der Waals surface area contributed by atoms with Gasteiger partial charge in [-0.25, -0.2) is 4.79 Å². The summed E-state index contributed by atoms with van der Waals surface area (Å²) in [5, 5.41) is 3.22. The fraction of sp³-hybridized carbons (Fsp3) is 0.533. The van der Waals surface area contributed by atoms with Crippen LogP contribution in [0, 0.1) is 0 Å². The molecule has 0 aromatic heterocycles. The normalized spacial score (nSPS) is 10.3. The molecule has 1 rings (SSSR count). The number of nitrogens with two attached hydrogens (primary N) is 1. The molecular formula is C15H24N2O3. The van der Waals surface area contributed by atoms with Gasteiger partial charge in [-0.05, 0) is 38.0 Å². The highest BCUT2D eigenvalue weighted by Gasteiger charge is 2.08. The number of rotatable bonds is 9. The van der Waals surface area contributed by atoms with Gasteiger partial charge >= 0.3 is 5.97 Å². The second-order valence-corrected chi connectivity index (χ2v) is 4.42. The molecule has 1 aromatic rings. The van der Waals surface area contributed by atoms with E-state index in [2.05, 4.69) is 5.32 Å². The quantitative estimate of drug-likeness (QED) is 0.413. The van der Waals surface area contributed by atoms with Crippen molar-refractivity contribution in [3.05, 3.63) is 23.8 Å². The van der Waals surface area contributed by atoms with Crippen molar-refractivity contribution in [3.8, 4) is 0 Å². The highest BCUT2D eigenvalue weighted by atomic mass is 16.5. The first-order valence-corrected chi connectivity index (χ1v) is 7.07. The molecule has 0 saturated carbocycles. The number of nitrogen functional groups attached to an aromatic ring is 1. The lowest BCUT2D eigenvalue weighted by Gasteiger charge is -2.11. The van der Waals surface area contributed by atoms with Gasteiger partial charge in [-0.1, -0.05) is 6.92 Å². The van der Waals surface area contributed by atoms with E-state index in [1.807, 2.05) is 13.8 Å². The minimum absolute atomic E-state index is 0.332. The van der Waals surface area contributed by atoms with Crippen molar-refractivity contribution in [2.75, 3.05) is 37.4 Å². The standard InChI is InChI=1S/C15H24N2O3/c1-3-9-20-15(18)12-6-7-14(13(16)11-12)17-8-5-10-19-4-2/h6-7,11,17H,3-5,8-10,16H2,1-2H3. The van der Waals surface area contributed by atoms with Gasteiger partial charge in [-0.15, -0.1) is 0 Å². The zero-order valence-electron chi connectivity index (χ0n) is 12.3. The third-order valence-electron chi connectivity index (χ3n) is 2.71. The summed E-state index contributed by atoms with van der Waals surface area (Å²) in [5.41, 5.74) is 7.79. The first-order valence-electron chi connectivity index (χ1n) is 7.07. The second kappa shape index (κ2) is 9.20. The number of ether oxygens (including phenoxy) is 2. The van der Waals surface area contributed by atoms with Gasteiger partial charge in [0.2, 0.25) is 0 Å². The van der Waals surface area contributed by atoms with Crippen LogP contribution in [0.3, 0.4) is 0 Å². The maximum Gasteiger partial charge on any atom is 0.338 e. The van der Waals surface area contributed by atoms with Crippen LogP contribution in [-0.2, 0) is 9.47 Å². The number of anilines is 2. The van der Waals surface area contributed by atoms with Gasteiger partial charge in [-0.3, -0.25) is 0 Å². The maximum absolute atomic E-state index is 11.7. The Morgan fingerprint density at radius 1 is 1.30 bits per heavy atom. The van der Waals surface area contributed by atoms with Gasteiger partial charge in [0.1, 0.15) is 0 Å². The summed E-state index contributed by atoms with van der Waals surface area (Å²) >= 11 is 0. The zero-order valence-corrected chi connectivity index (χ0v) is 12.3. The van der Waals surface area contributed by atoms with Crippen LogP contribution in [-0.4, -0.2) is 32.3 Å². The van der Waals surface area contributed by atoms with Crippen LogP contribution in [0.5, 0.6) is 0 Å². The average Bonchev–Trinajstić information content (AvgIpc) is 2.46. The van der Waals surface area contributed by atoms with E-state index in [1.54, 1.807) is 18.2 Å². The van der Waals surface area contributed by atoms with E-state index < -0.39 is 0 Å². The first-order chi connectivity index (χ1) is 9.69. The van der Waals surface area contributed by atoms with Crippen LogP contribution in [0.25, 0.3) is 0 Å². The Hall–Kier alpha value is -1.75. The molecule has 0 aliphatic heterocycles. The van der Waals surface area contributed by atoms with Gasteiger partial charge in [0.15, 0.2) is 0 Å². The van der Waals surface area contributed by atoms with Gasteiger partial charge < -0.3 is 20.5 Å². The van der Waals surface area contributed by atoms with Gasteiger partial charge in [0.25, 0.3) is 0 Å². The summed E-state index contributed by atoms with van der Waals surface area (Å²) in [6.45, 7) is 6.60. The lowest BCUT2D eigenvalue weighted by Crippen LogP contribution is -2.09. The second-order valence-electron chi connectivity index (χ2n) is 4.42. The van der Waals surface area contributed by atoms with Crippen LogP contribution < -0.4 is 11.1 Å². The Labute approximate surface area is 120 Å². The Morgan fingerprint density at radius 2 is 2.10 bits per heavy atom. The summed E-state index contributed by atoms with van der Waals surface area (Å²) in [7, 11) is 0. The average molecular weight is 280 g/mol. The Morgan fingerprint density at radius 3 is 2.75 bits per heavy atom. The van der Waals surface area contributed by atoms with Crippen LogP contribution in [0.2, 0.25) is 0 Å². The predicted molar refractivity (Wildman–Crippen MR) is 81.0 cm³/mol. The van der Waals surface area contributed by atoms with E-state index >= 15 is 0 Å². The molecule has 0 radical (unpaired) electrons. The monoisotopic (exact) mass is 280 g/mol. The van der Waals surface area contributed by atoms with E-state index in [4.69, 9.17) is 15.2 Å². The van der Waals surface area contributed by atoms with E-state index in [0.717, 1.165) is 38.3 Å². The van der Waals surface area contributed by atoms with E-state index in [-0.39, 0.29) is 5.97 Å². The lowest BCUT2D eigenvalue weighted by molar-refractivity contribution is 0.0505. The molecule has 0 bridgehead atoms. The minimum Gasteiger partial charge on any atom is -0.462 e. The Kier molecular flexibility index (Phi) is 7.50. The first kappa shape index (κ1) is 16.3. The summed E-state index contributed by atoms with van der Waals surface area (Å²) < 4.78 is 10.3. The molecule has 20 heavy (non-hydrogen) atoms. The number of benzene rings is 1. The van der Waals surface area contributed by atoms with Crippen molar-refractivity contribution in [2.45, 2.75) is 26.7 Å². The third-order valence-corrected chi connectivity index (χ3v) is 2.71. The minimum atomic E-state index is -0.332. The molecular weight excluding hydrogens is 256 g/mol. The van der Waals surface area contributed by atoms with Crippen LogP contribution >= 0.6 is 0 Å². The maximum atomic E-state index is 11.7. The molecule has 0 aliphatic carbocycles. The molecule has 5 heteroatoms. The number of nitrogens with one attached hydrogen (secondary N) is 1. The summed E-state index contributed by atoms with van der Waals surface area (Å²) in [5.74, 6) is -0.332. The molecule has 1 aromatic carbocycles. The molecule has 0 atom stereocenters. The number of carbonyl (C=O) groups excluding carboxylic acids is 1. The van der Waals surface area contributed by atoms with Crippen molar-refractivity contribution < 1.29 is 14.3 Å². The summed E-state index contributed by atoms with van der Waals surface area (Å²) in [4.78, 5) is 11.7. The molecule has 3 N–H and O–H groups in total. The summed E-state index contributed by atoms with van der Waals surface area (Å²) in [6.07, 6.45) is 1.72. The van der Waals surface area contributed by atoms with Crippen molar-refractivity contribution in [3.63, 3.8) is 0 Å². The smallest absolute Gasteiger partial charge is 0.338 e. The highest BCUT2D eigenvalue weighted by molar-refractivity contribution is 5.91. The van der Waals surface area contributed by atoms with Gasteiger partial charge in [0, 0.05) is 19.8 Å². The number of carbonyl (C=O) groups is 1. The lowest BCUT2D eigenvalue weighted by atomic mass is 10.1. The van der Waals surface area contributed by atoms with E-state index in [9.17, 15) is 4.79 Å². The predicted octanol–water partition coefficient (Wildman–Crippen LogP) is 2.67. The molecule has 0 unspecified atom stereocenters. The van der Waals surface area contributed by atoms with Crippen molar-refractivity contribution in [2.24, 2.45) is 0 Å². The third kappa shape index (κ3) is 5.48. The SMILES string of the molecule is CCCOC(=O)c1ccc(NCCCOCC)c(N)c1. The van der Waals surface area contributed by atoms with Gasteiger partial charge in [0.05, 0.1) is 23.5 Å². The molecule has 0 fully saturated rings. The topological polar surface area (TPSA) is 73.6 Å². The molecule has 0 aliphatic rings. The fourth-order valence-corrected chi connectivity index (χ4v) is 1.67. The summed E-state index contributed by atoms with van der Waals surface area (Å²) in [6, 6.07) is 5.17. The van der Waals surface area contributed by atoms with Crippen LogP contribution in [0.15, 0.2) is 18.2 Å². The van der Waals surface area contributed by atoms with Crippen molar-refractivity contribution >= 4 is 17.3 Å². The molecule has 0 heterocycles. The van der Waals surface area contributed by atoms with E-state index in [0.29, 0.717) is 17.9 Å². The van der Waals surface area contributed by atoms with Crippen LogP contribution in [0.4, 0.5) is 11.4 Å². The van der Waals surface area contributed by atoms with Crippen molar-refractivity contribution in [1.29, 1.82) is 0 Å².